The predicted molar refractivity (Wildman–Crippen MR) is 122 cm³/mol. The van der Waals surface area contributed by atoms with E-state index in [1.165, 1.54) is 10.4 Å². The quantitative estimate of drug-likeness (QED) is 0.581. The second-order valence-corrected chi connectivity index (χ2v) is 9.82. The summed E-state index contributed by atoms with van der Waals surface area (Å²) >= 11 is 0. The fourth-order valence-electron chi connectivity index (χ4n) is 3.83. The molecule has 2 aromatic rings. The Kier molecular flexibility index (Phi) is 7.59. The number of benzene rings is 2. The highest BCUT2D eigenvalue weighted by Crippen LogP contribution is 2.33. The number of ether oxygens (including phenoxy) is 4. The van der Waals surface area contributed by atoms with E-state index in [2.05, 4.69) is 0 Å². The maximum Gasteiger partial charge on any atom is 0.243 e. The van der Waals surface area contributed by atoms with Crippen molar-refractivity contribution in [2.45, 2.75) is 17.9 Å². The van der Waals surface area contributed by atoms with Crippen LogP contribution in [0.25, 0.3) is 0 Å². The minimum atomic E-state index is -3.63. The van der Waals surface area contributed by atoms with E-state index in [0.29, 0.717) is 69.8 Å². The van der Waals surface area contributed by atoms with E-state index in [0.717, 1.165) is 5.75 Å². The number of aliphatic hydroxyl groups is 1. The number of hydrogen-bond donors (Lipinski definition) is 1. The first-order valence-corrected chi connectivity index (χ1v) is 12.6. The summed E-state index contributed by atoms with van der Waals surface area (Å²) in [6.45, 7) is 5.72. The maximum atomic E-state index is 13.1. The van der Waals surface area contributed by atoms with Gasteiger partial charge in [-0.25, -0.2) is 8.42 Å². The summed E-state index contributed by atoms with van der Waals surface area (Å²) < 4.78 is 49.6. The number of sulfonamides is 1. The largest absolute Gasteiger partial charge is 0.494 e. The lowest BCUT2D eigenvalue weighted by Gasteiger charge is -2.35. The van der Waals surface area contributed by atoms with Crippen molar-refractivity contribution in [2.24, 2.45) is 0 Å². The Hall–Kier alpha value is -2.53. The van der Waals surface area contributed by atoms with Gasteiger partial charge in [-0.05, 0) is 43.3 Å². The first kappa shape index (κ1) is 23.6. The number of fused-ring (bicyclic) bond motifs is 1. The Morgan fingerprint density at radius 2 is 1.58 bits per heavy atom. The molecule has 33 heavy (non-hydrogen) atoms. The summed E-state index contributed by atoms with van der Waals surface area (Å²) in [5.74, 6) is 2.45. The summed E-state index contributed by atoms with van der Waals surface area (Å²) in [6.07, 6.45) is -0.683. The summed E-state index contributed by atoms with van der Waals surface area (Å²) in [5, 5.41) is 10.4. The molecule has 0 unspecified atom stereocenters. The maximum absolute atomic E-state index is 13.1. The van der Waals surface area contributed by atoms with E-state index < -0.39 is 16.1 Å². The number of β-amino-alcohol motifs (C(OH)–C–C–N with tert-alkyl or cyclic N) is 1. The smallest absolute Gasteiger partial charge is 0.243 e. The van der Waals surface area contributed by atoms with E-state index in [-0.39, 0.29) is 11.5 Å². The second kappa shape index (κ2) is 10.6. The van der Waals surface area contributed by atoms with Crippen molar-refractivity contribution >= 4 is 10.0 Å². The molecule has 0 radical (unpaired) electrons. The van der Waals surface area contributed by atoms with Crippen molar-refractivity contribution in [3.63, 3.8) is 0 Å². The van der Waals surface area contributed by atoms with Crippen LogP contribution in [-0.2, 0) is 10.0 Å². The monoisotopic (exact) mass is 478 g/mol. The van der Waals surface area contributed by atoms with Crippen LogP contribution >= 0.6 is 0 Å². The third kappa shape index (κ3) is 5.89. The van der Waals surface area contributed by atoms with Crippen molar-refractivity contribution in [2.75, 3.05) is 59.2 Å². The van der Waals surface area contributed by atoms with Crippen LogP contribution in [0.1, 0.15) is 6.92 Å². The molecule has 2 aliphatic rings. The minimum absolute atomic E-state index is 0.156. The molecule has 0 aromatic heterocycles. The molecular weight excluding hydrogens is 448 g/mol. The van der Waals surface area contributed by atoms with Crippen LogP contribution in [0.5, 0.6) is 23.0 Å². The summed E-state index contributed by atoms with van der Waals surface area (Å²) in [5.41, 5.74) is 0. The molecule has 1 saturated heterocycles. The van der Waals surface area contributed by atoms with Crippen LogP contribution in [0.4, 0.5) is 0 Å². The molecule has 1 fully saturated rings. The Morgan fingerprint density at radius 1 is 0.939 bits per heavy atom. The minimum Gasteiger partial charge on any atom is -0.494 e. The molecule has 180 valence electrons. The Bertz CT molecular complexity index is 1020. The molecule has 2 heterocycles. The lowest BCUT2D eigenvalue weighted by atomic mass is 10.3. The van der Waals surface area contributed by atoms with Gasteiger partial charge in [0.15, 0.2) is 11.5 Å². The highest BCUT2D eigenvalue weighted by Gasteiger charge is 2.30. The molecule has 0 spiro atoms. The lowest BCUT2D eigenvalue weighted by Crippen LogP contribution is -2.50. The van der Waals surface area contributed by atoms with E-state index >= 15 is 0 Å². The lowest BCUT2D eigenvalue weighted by molar-refractivity contribution is 0.0569. The first-order chi connectivity index (χ1) is 16.0. The van der Waals surface area contributed by atoms with Gasteiger partial charge < -0.3 is 24.1 Å². The van der Waals surface area contributed by atoms with Gasteiger partial charge in [0.2, 0.25) is 10.0 Å². The zero-order valence-electron chi connectivity index (χ0n) is 18.7. The highest BCUT2D eigenvalue weighted by atomic mass is 32.2. The molecule has 0 bridgehead atoms. The molecule has 1 atom stereocenters. The van der Waals surface area contributed by atoms with Gasteiger partial charge in [-0.3, -0.25) is 4.90 Å². The van der Waals surface area contributed by atoms with Crippen molar-refractivity contribution in [3.05, 3.63) is 42.5 Å². The third-order valence-corrected chi connectivity index (χ3v) is 7.42. The number of piperazine rings is 1. The standard InChI is InChI=1S/C23H30N2O7S/c1-2-29-19-3-5-20(6-4-19)32-17-18(26)16-24-9-11-25(12-10-24)33(27,28)21-7-8-22-23(15-21)31-14-13-30-22/h3-8,15,18,26H,2,9-14,16-17H2,1H3/t18-/m0/s1. The molecule has 0 amide bonds. The van der Waals surface area contributed by atoms with Crippen molar-refractivity contribution in [3.8, 4) is 23.0 Å². The number of rotatable bonds is 9. The summed E-state index contributed by atoms with van der Waals surface area (Å²) in [4.78, 5) is 2.24. The van der Waals surface area contributed by atoms with Crippen LogP contribution in [-0.4, -0.2) is 88.0 Å². The van der Waals surface area contributed by atoms with Crippen molar-refractivity contribution in [1.29, 1.82) is 0 Å². The van der Waals surface area contributed by atoms with E-state index in [1.54, 1.807) is 24.3 Å². The van der Waals surface area contributed by atoms with E-state index in [1.807, 2.05) is 24.0 Å². The van der Waals surface area contributed by atoms with Crippen LogP contribution in [0.15, 0.2) is 47.4 Å². The topological polar surface area (TPSA) is 97.8 Å². The number of aliphatic hydroxyl groups excluding tert-OH is 1. The van der Waals surface area contributed by atoms with Gasteiger partial charge in [-0.15, -0.1) is 0 Å². The zero-order chi connectivity index (χ0) is 23.3. The first-order valence-electron chi connectivity index (χ1n) is 11.1. The SMILES string of the molecule is CCOc1ccc(OC[C@@H](O)CN2CCN(S(=O)(=O)c3ccc4c(c3)OCCO4)CC2)cc1. The predicted octanol–water partition coefficient (Wildman–Crippen LogP) is 1.60. The molecule has 2 aromatic carbocycles. The van der Waals surface area contributed by atoms with Gasteiger partial charge in [0.1, 0.15) is 37.4 Å². The average Bonchev–Trinajstić information content (AvgIpc) is 2.84. The fraction of sp³-hybridized carbons (Fsp3) is 0.478. The Morgan fingerprint density at radius 3 is 2.24 bits per heavy atom. The molecule has 10 heteroatoms. The Balaban J connectivity index is 1.25. The van der Waals surface area contributed by atoms with Crippen molar-refractivity contribution < 1.29 is 32.5 Å². The van der Waals surface area contributed by atoms with Gasteiger partial charge in [-0.2, -0.15) is 4.31 Å². The third-order valence-electron chi connectivity index (χ3n) is 5.53. The van der Waals surface area contributed by atoms with Crippen LogP contribution in [0, 0.1) is 0 Å². The van der Waals surface area contributed by atoms with E-state index in [4.69, 9.17) is 18.9 Å². The average molecular weight is 479 g/mol. The molecular formula is C23H30N2O7S. The van der Waals surface area contributed by atoms with Crippen molar-refractivity contribution in [1.82, 2.24) is 9.21 Å². The van der Waals surface area contributed by atoms with Crippen LogP contribution < -0.4 is 18.9 Å². The van der Waals surface area contributed by atoms with Gasteiger partial charge in [0.05, 0.1) is 11.5 Å². The van der Waals surface area contributed by atoms with Gasteiger partial charge in [-0.1, -0.05) is 0 Å². The normalized spacial score (nSPS) is 18.0. The Labute approximate surface area is 194 Å². The summed E-state index contributed by atoms with van der Waals surface area (Å²) in [6, 6.07) is 12.0. The molecule has 9 nitrogen and oxygen atoms in total. The van der Waals surface area contributed by atoms with Gasteiger partial charge in [0, 0.05) is 38.8 Å². The molecule has 1 N–H and O–H groups in total. The van der Waals surface area contributed by atoms with Gasteiger partial charge >= 0.3 is 0 Å². The van der Waals surface area contributed by atoms with Gasteiger partial charge in [0.25, 0.3) is 0 Å². The number of hydrogen-bond acceptors (Lipinski definition) is 8. The highest BCUT2D eigenvalue weighted by molar-refractivity contribution is 7.89. The zero-order valence-corrected chi connectivity index (χ0v) is 19.5. The van der Waals surface area contributed by atoms with Crippen LogP contribution in [0.2, 0.25) is 0 Å². The summed E-state index contributed by atoms with van der Waals surface area (Å²) in [7, 11) is -3.63. The fourth-order valence-corrected chi connectivity index (χ4v) is 5.27. The van der Waals surface area contributed by atoms with Crippen LogP contribution in [0.3, 0.4) is 0 Å². The number of nitrogens with zero attached hydrogens (tertiary/aromatic N) is 2. The molecule has 4 rings (SSSR count). The molecule has 2 aliphatic heterocycles. The molecule has 0 saturated carbocycles. The second-order valence-electron chi connectivity index (χ2n) is 7.88. The van der Waals surface area contributed by atoms with E-state index in [9.17, 15) is 13.5 Å². The molecule has 0 aliphatic carbocycles.